The predicted molar refractivity (Wildman–Crippen MR) is 357 cm³/mol. The maximum atomic E-state index is 14.3. The summed E-state index contributed by atoms with van der Waals surface area (Å²) in [6.45, 7) is 18.9. The quantitative estimate of drug-likeness (QED) is 0.0222. The van der Waals surface area contributed by atoms with Crippen molar-refractivity contribution >= 4 is 58.4 Å². The van der Waals surface area contributed by atoms with E-state index in [2.05, 4.69) is 78.2 Å². The smallest absolute Gasteiger partial charge is 0.251 e. The molecule has 6 rings (SSSR count). The molecule has 500 valence electrons. The van der Waals surface area contributed by atoms with Crippen LogP contribution in [0.25, 0.3) is 11.1 Å². The number of rotatable bonds is 34. The van der Waals surface area contributed by atoms with Crippen LogP contribution in [0.15, 0.2) is 97.1 Å². The van der Waals surface area contributed by atoms with Gasteiger partial charge in [0, 0.05) is 25.1 Å². The normalized spacial score (nSPS) is 15.1. The Morgan fingerprint density at radius 2 is 1.00 bits per heavy atom. The van der Waals surface area contributed by atoms with Gasteiger partial charge in [0.05, 0.1) is 19.6 Å². The molecule has 2 saturated heterocycles. The van der Waals surface area contributed by atoms with E-state index in [0.29, 0.717) is 30.8 Å². The number of phenolic OH excluding ortho intramolecular Hbond substituents is 1. The van der Waals surface area contributed by atoms with Gasteiger partial charge >= 0.3 is 0 Å². The lowest BCUT2D eigenvalue weighted by atomic mass is 9.87. The van der Waals surface area contributed by atoms with Crippen LogP contribution in [0.2, 0.25) is 0 Å². The number of nitrogens with two attached hydrogens (primary N) is 1. The highest BCUT2D eigenvalue weighted by atomic mass is 16.5. The molecule has 92 heavy (non-hydrogen) atoms. The summed E-state index contributed by atoms with van der Waals surface area (Å²) in [6.07, 6.45) is 10.9. The number of likely N-dealkylation sites (tertiary alicyclic amines) is 2. The molecule has 4 aromatic rings. The van der Waals surface area contributed by atoms with Gasteiger partial charge in [-0.15, -0.1) is 0 Å². The molecule has 2 aliphatic heterocycles. The standard InChI is InChI=1S/C71H100N10O11/c1-8-58(65(51-22-28-56(29-23-51)91-38-36-80-32-13-9-10-14-33-80)52-24-30-57(31-25-52)92-39-37-81-34-15-11-12-16-35-81)53-18-17-19-54(43-53)67(86)74-46-64(85)76-59(40-47(2)3)69(88)77-60(41-48(4)5)70(89)79-66(49(6)7)71(90)78-61(42-50-20-26-55(82)27-21-50)68(87)75-45-63(84)73-44-62(72)83/h17-31,43,47-49,59-61,66,82H,8-16,32-42,44-46H2,1-7H3,(H2,72,83)(H,73,84)(H,74,86)(H,75,87)(H,76,85)(H,77,88)(H,78,90)(H,79,89)/t59-,60-,61-,66-/m0/s1. The molecule has 0 saturated carbocycles. The number of aromatic hydroxyl groups is 1. The number of allylic oxidation sites excluding steroid dienone is 1. The summed E-state index contributed by atoms with van der Waals surface area (Å²) in [5, 5.41) is 28.4. The maximum absolute atomic E-state index is 14.3. The minimum Gasteiger partial charge on any atom is -0.508 e. The molecule has 0 aliphatic carbocycles. The third-order valence-corrected chi connectivity index (χ3v) is 16.4. The summed E-state index contributed by atoms with van der Waals surface area (Å²) in [4.78, 5) is 112. The van der Waals surface area contributed by atoms with Crippen LogP contribution >= 0.6 is 0 Å². The number of ether oxygens (including phenoxy) is 2. The molecule has 2 fully saturated rings. The Morgan fingerprint density at radius 1 is 0.511 bits per heavy atom. The molecule has 0 radical (unpaired) electrons. The van der Waals surface area contributed by atoms with E-state index in [1.807, 2.05) is 70.2 Å². The van der Waals surface area contributed by atoms with Gasteiger partial charge in [-0.05, 0) is 171 Å². The Labute approximate surface area is 543 Å². The van der Waals surface area contributed by atoms with Crippen LogP contribution in [0.1, 0.15) is 152 Å². The summed E-state index contributed by atoms with van der Waals surface area (Å²) < 4.78 is 12.6. The fourth-order valence-electron chi connectivity index (χ4n) is 11.5. The third kappa shape index (κ3) is 24.7. The number of nitrogens with zero attached hydrogens (tertiary/aromatic N) is 2. The predicted octanol–water partition coefficient (Wildman–Crippen LogP) is 6.65. The zero-order valence-corrected chi connectivity index (χ0v) is 55.0. The van der Waals surface area contributed by atoms with Gasteiger partial charge in [-0.3, -0.25) is 48.2 Å². The lowest BCUT2D eigenvalue weighted by Gasteiger charge is -2.29. The maximum Gasteiger partial charge on any atom is 0.251 e. The molecular weight excluding hydrogens is 1170 g/mol. The van der Waals surface area contributed by atoms with Crippen molar-refractivity contribution in [1.29, 1.82) is 0 Å². The second kappa shape index (κ2) is 37.9. The number of amides is 8. The van der Waals surface area contributed by atoms with Gasteiger partial charge in [0.25, 0.3) is 5.91 Å². The first-order valence-electron chi connectivity index (χ1n) is 33.0. The molecule has 4 aromatic carbocycles. The van der Waals surface area contributed by atoms with Crippen LogP contribution < -0.4 is 52.4 Å². The molecule has 0 bridgehead atoms. The minimum absolute atomic E-state index is 0.0187. The van der Waals surface area contributed by atoms with Gasteiger partial charge < -0.3 is 57.5 Å². The van der Waals surface area contributed by atoms with E-state index in [-0.39, 0.29) is 36.8 Å². The van der Waals surface area contributed by atoms with Crippen molar-refractivity contribution in [3.8, 4) is 17.2 Å². The second-order valence-electron chi connectivity index (χ2n) is 25.3. The van der Waals surface area contributed by atoms with Gasteiger partial charge in [-0.1, -0.05) is 123 Å². The second-order valence-corrected chi connectivity index (χ2v) is 25.3. The Morgan fingerprint density at radius 3 is 1.50 bits per heavy atom. The molecule has 21 heteroatoms. The molecule has 2 heterocycles. The van der Waals surface area contributed by atoms with Gasteiger partial charge in [-0.2, -0.15) is 0 Å². The number of nitrogens with one attached hydrogen (secondary N) is 7. The molecule has 0 aromatic heterocycles. The first-order valence-corrected chi connectivity index (χ1v) is 33.0. The molecule has 0 unspecified atom stereocenters. The van der Waals surface area contributed by atoms with Crippen LogP contribution in [0, 0.1) is 17.8 Å². The number of carbonyl (C=O) groups is 8. The highest BCUT2D eigenvalue weighted by Crippen LogP contribution is 2.36. The number of hydrogen-bond donors (Lipinski definition) is 9. The lowest BCUT2D eigenvalue weighted by molar-refractivity contribution is -0.135. The Balaban J connectivity index is 1.13. The van der Waals surface area contributed by atoms with Crippen molar-refractivity contribution in [2.45, 2.75) is 150 Å². The van der Waals surface area contributed by atoms with Crippen molar-refractivity contribution in [3.05, 3.63) is 125 Å². The van der Waals surface area contributed by atoms with Crippen LogP contribution in [0.4, 0.5) is 0 Å². The van der Waals surface area contributed by atoms with E-state index in [4.69, 9.17) is 15.2 Å². The Bertz CT molecular complexity index is 2990. The number of primary amides is 1. The average molecular weight is 1270 g/mol. The van der Waals surface area contributed by atoms with Crippen LogP contribution in [-0.2, 0) is 40.0 Å². The minimum atomic E-state index is -1.27. The largest absolute Gasteiger partial charge is 0.508 e. The third-order valence-electron chi connectivity index (χ3n) is 16.4. The molecule has 4 atom stereocenters. The number of carbonyl (C=O) groups excluding carboxylic acids is 8. The van der Waals surface area contributed by atoms with E-state index < -0.39 is 97.0 Å². The van der Waals surface area contributed by atoms with Crippen molar-refractivity contribution in [2.24, 2.45) is 23.5 Å². The fourth-order valence-corrected chi connectivity index (χ4v) is 11.5. The van der Waals surface area contributed by atoms with E-state index in [1.54, 1.807) is 32.0 Å². The van der Waals surface area contributed by atoms with E-state index in [1.165, 1.54) is 63.5 Å². The topological polar surface area (TPSA) is 292 Å². The van der Waals surface area contributed by atoms with Gasteiger partial charge in [0.15, 0.2) is 0 Å². The van der Waals surface area contributed by atoms with E-state index in [9.17, 15) is 43.5 Å². The van der Waals surface area contributed by atoms with Crippen LogP contribution in [0.5, 0.6) is 17.2 Å². The van der Waals surface area contributed by atoms with Crippen LogP contribution in [-0.4, -0.2) is 158 Å². The molecule has 21 nitrogen and oxygen atoms in total. The van der Waals surface area contributed by atoms with Crippen LogP contribution in [0.3, 0.4) is 0 Å². The lowest BCUT2D eigenvalue weighted by Crippen LogP contribution is -2.60. The molecular formula is C71H100N10O11. The zero-order valence-electron chi connectivity index (χ0n) is 55.0. The number of benzene rings is 4. The Kier molecular flexibility index (Phi) is 30.0. The van der Waals surface area contributed by atoms with Gasteiger partial charge in [-0.25, -0.2) is 0 Å². The highest BCUT2D eigenvalue weighted by Gasteiger charge is 2.34. The summed E-state index contributed by atoms with van der Waals surface area (Å²) in [5.74, 6) is -4.59. The SMILES string of the molecule is CCC(=C(c1ccc(OCCN2CCCCCC2)cc1)c1ccc(OCCN2CCCCCC2)cc1)c1cccc(C(=O)NCC(=O)N[C@@H](CC(C)C)C(=O)N[C@@H](CC(C)C)C(=O)N[C@H](C(=O)N[C@@H](Cc2ccc(O)cc2)C(=O)NCC(=O)NCC(N)=O)C(C)C)c1. The van der Waals surface area contributed by atoms with E-state index >= 15 is 0 Å². The molecule has 8 amide bonds. The van der Waals surface area contributed by atoms with Crippen molar-refractivity contribution < 1.29 is 52.9 Å². The van der Waals surface area contributed by atoms with Crippen molar-refractivity contribution in [2.75, 3.05) is 72.1 Å². The zero-order chi connectivity index (χ0) is 66.5. The summed E-state index contributed by atoms with van der Waals surface area (Å²) in [7, 11) is 0. The van der Waals surface area contributed by atoms with E-state index in [0.717, 1.165) is 78.6 Å². The van der Waals surface area contributed by atoms with Gasteiger partial charge in [0.1, 0.15) is 54.6 Å². The molecule has 2 aliphatic rings. The summed E-state index contributed by atoms with van der Waals surface area (Å²) in [6, 6.07) is 24.9. The first kappa shape index (κ1) is 72.8. The summed E-state index contributed by atoms with van der Waals surface area (Å²) in [5.41, 5.74) is 10.8. The molecule has 0 spiro atoms. The summed E-state index contributed by atoms with van der Waals surface area (Å²) >= 11 is 0. The first-order chi connectivity index (χ1) is 44.1. The van der Waals surface area contributed by atoms with Gasteiger partial charge in [0.2, 0.25) is 41.4 Å². The van der Waals surface area contributed by atoms with Crippen molar-refractivity contribution in [3.63, 3.8) is 0 Å². The number of hydrogen-bond acceptors (Lipinski definition) is 13. The number of phenols is 1. The van der Waals surface area contributed by atoms with Crippen molar-refractivity contribution in [1.82, 2.24) is 47.0 Å². The Hall–Kier alpha value is -8.30. The monoisotopic (exact) mass is 1270 g/mol. The molecule has 10 N–H and O–H groups in total. The fraction of sp³-hybridized carbons (Fsp3) is 0.521. The average Bonchev–Trinajstić information content (AvgIpc) is 0.851. The highest BCUT2D eigenvalue weighted by molar-refractivity contribution is 6.02.